The van der Waals surface area contributed by atoms with Crippen molar-refractivity contribution in [2.24, 2.45) is 0 Å². The van der Waals surface area contributed by atoms with Gasteiger partial charge in [0, 0.05) is 11.3 Å². The summed E-state index contributed by atoms with van der Waals surface area (Å²) in [7, 11) is 0. The lowest BCUT2D eigenvalue weighted by atomic mass is 9.95. The van der Waals surface area contributed by atoms with Crippen LogP contribution in [-0.2, 0) is 15.3 Å². The Labute approximate surface area is 261 Å². The number of carbonyl (C=O) groups excluding carboxylic acids is 2. The van der Waals surface area contributed by atoms with E-state index in [1.54, 1.807) is 60.7 Å². The maximum atomic E-state index is 14.2. The normalized spacial score (nSPS) is 17.2. The van der Waals surface area contributed by atoms with Crippen molar-refractivity contribution in [1.29, 1.82) is 0 Å². The lowest BCUT2D eigenvalue weighted by Crippen LogP contribution is -2.29. The van der Waals surface area contributed by atoms with Gasteiger partial charge in [-0.25, -0.2) is 4.39 Å². The van der Waals surface area contributed by atoms with Crippen molar-refractivity contribution in [2.45, 2.75) is 35.9 Å². The highest BCUT2D eigenvalue weighted by Gasteiger charge is 2.48. The minimum atomic E-state index is -1.02. The summed E-state index contributed by atoms with van der Waals surface area (Å²) in [6.07, 6.45) is 1.83. The van der Waals surface area contributed by atoms with Gasteiger partial charge in [-0.05, 0) is 53.9 Å². The average molecular weight is 634 g/mol. The molecule has 6 rings (SSSR count). The topological polar surface area (TPSA) is 111 Å². The van der Waals surface area contributed by atoms with E-state index in [1.165, 1.54) is 22.7 Å². The second kappa shape index (κ2) is 13.1. The number of thioether (sulfide) groups is 1. The number of ether oxygens (including phenoxy) is 3. The van der Waals surface area contributed by atoms with Crippen LogP contribution >= 0.6 is 23.1 Å². The molecule has 3 heterocycles. The summed E-state index contributed by atoms with van der Waals surface area (Å²) in [6, 6.07) is 17.4. The predicted octanol–water partition coefficient (Wildman–Crippen LogP) is 6.55. The van der Waals surface area contributed by atoms with Crippen LogP contribution in [0.25, 0.3) is 5.76 Å². The molecule has 0 aliphatic carbocycles. The number of amides is 1. The Bertz CT molecular complexity index is 1740. The number of ketones is 1. The second-order valence-electron chi connectivity index (χ2n) is 10.0. The molecule has 226 valence electrons. The van der Waals surface area contributed by atoms with Gasteiger partial charge in [0.05, 0.1) is 18.2 Å². The number of hydrogen-bond donors (Lipinski definition) is 1. The molecule has 12 heteroatoms. The molecule has 1 atom stereocenters. The SMILES string of the molecule is CCCCOc1cccc(C2/C(=C(\O)c3ccc4c(c3)OCCO4)C(=O)C(=O)N2c2nnc(SCc3ccccc3F)s2)c1. The van der Waals surface area contributed by atoms with Crippen LogP contribution in [0.5, 0.6) is 17.2 Å². The Morgan fingerprint density at radius 3 is 2.70 bits per heavy atom. The quantitative estimate of drug-likeness (QED) is 0.0519. The predicted molar refractivity (Wildman–Crippen MR) is 165 cm³/mol. The second-order valence-corrected chi connectivity index (χ2v) is 12.2. The summed E-state index contributed by atoms with van der Waals surface area (Å²) in [5.41, 5.74) is 1.25. The van der Waals surface area contributed by atoms with Crippen LogP contribution in [0.15, 0.2) is 76.6 Å². The van der Waals surface area contributed by atoms with Gasteiger partial charge in [0.2, 0.25) is 5.13 Å². The average Bonchev–Trinajstić information content (AvgIpc) is 3.62. The molecule has 9 nitrogen and oxygen atoms in total. The van der Waals surface area contributed by atoms with Crippen molar-refractivity contribution in [1.82, 2.24) is 10.2 Å². The van der Waals surface area contributed by atoms with Crippen LogP contribution in [0.2, 0.25) is 0 Å². The van der Waals surface area contributed by atoms with E-state index in [0.717, 1.165) is 24.2 Å². The van der Waals surface area contributed by atoms with Crippen LogP contribution in [-0.4, -0.2) is 46.8 Å². The van der Waals surface area contributed by atoms with Crippen LogP contribution in [0, 0.1) is 5.82 Å². The number of carbonyl (C=O) groups is 2. The zero-order chi connectivity index (χ0) is 30.6. The fourth-order valence-corrected chi connectivity index (χ4v) is 6.77. The van der Waals surface area contributed by atoms with E-state index >= 15 is 0 Å². The first-order chi connectivity index (χ1) is 21.4. The largest absolute Gasteiger partial charge is 0.507 e. The monoisotopic (exact) mass is 633 g/mol. The van der Waals surface area contributed by atoms with Crippen molar-refractivity contribution in [3.05, 3.63) is 94.8 Å². The molecule has 1 amide bonds. The molecular formula is C32H28FN3O6S2. The van der Waals surface area contributed by atoms with Crippen LogP contribution < -0.4 is 19.1 Å². The number of halogens is 1. The molecule has 0 spiro atoms. The van der Waals surface area contributed by atoms with Crippen LogP contribution in [0.1, 0.15) is 42.5 Å². The molecule has 0 saturated carbocycles. The number of anilines is 1. The molecule has 3 aromatic carbocycles. The molecule has 1 saturated heterocycles. The fraction of sp³-hybridized carbons (Fsp3) is 0.250. The zero-order valence-corrected chi connectivity index (χ0v) is 25.3. The molecule has 4 aromatic rings. The van der Waals surface area contributed by atoms with Crippen molar-refractivity contribution < 1.29 is 33.3 Å². The molecule has 44 heavy (non-hydrogen) atoms. The molecule has 1 N–H and O–H groups in total. The van der Waals surface area contributed by atoms with E-state index in [0.29, 0.717) is 63.9 Å². The number of aliphatic hydroxyl groups excluding tert-OH is 1. The summed E-state index contributed by atoms with van der Waals surface area (Å²) < 4.78 is 31.8. The highest BCUT2D eigenvalue weighted by molar-refractivity contribution is 8.00. The number of rotatable bonds is 10. The minimum Gasteiger partial charge on any atom is -0.507 e. The Balaban J connectivity index is 1.39. The Hall–Kier alpha value is -4.42. The van der Waals surface area contributed by atoms with Gasteiger partial charge in [0.1, 0.15) is 30.5 Å². The van der Waals surface area contributed by atoms with E-state index in [4.69, 9.17) is 14.2 Å². The molecule has 2 aliphatic rings. The van der Waals surface area contributed by atoms with Gasteiger partial charge in [0.25, 0.3) is 5.78 Å². The van der Waals surface area contributed by atoms with Crippen molar-refractivity contribution in [3.8, 4) is 17.2 Å². The van der Waals surface area contributed by atoms with E-state index in [9.17, 15) is 19.1 Å². The summed E-state index contributed by atoms with van der Waals surface area (Å²) in [6.45, 7) is 3.33. The molecule has 2 aliphatic heterocycles. The van der Waals surface area contributed by atoms with E-state index in [-0.39, 0.29) is 22.3 Å². The fourth-order valence-electron chi connectivity index (χ4n) is 4.91. The molecular weight excluding hydrogens is 605 g/mol. The standard InChI is InChI=1S/C32H28FN3O6S2/c1-2-3-13-40-22-9-6-8-19(16-22)27-26(28(37)20-11-12-24-25(17-20)42-15-14-41-24)29(38)30(39)36(27)31-34-35-32(44-31)43-18-21-7-4-5-10-23(21)33/h4-12,16-17,27,37H,2-3,13-15,18H2,1H3/b28-26+. The third kappa shape index (κ3) is 6.00. The lowest BCUT2D eigenvalue weighted by molar-refractivity contribution is -0.132. The number of benzene rings is 3. The smallest absolute Gasteiger partial charge is 0.301 e. The first kappa shape index (κ1) is 29.6. The molecule has 1 unspecified atom stereocenters. The van der Waals surface area contributed by atoms with Crippen LogP contribution in [0.4, 0.5) is 9.52 Å². The van der Waals surface area contributed by atoms with Gasteiger partial charge in [-0.1, -0.05) is 66.8 Å². The van der Waals surface area contributed by atoms with Gasteiger partial charge in [-0.15, -0.1) is 10.2 Å². The number of aliphatic hydroxyl groups is 1. The molecule has 0 bridgehead atoms. The third-order valence-corrected chi connectivity index (χ3v) is 9.22. The maximum Gasteiger partial charge on any atom is 0.301 e. The number of unbranched alkanes of at least 4 members (excludes halogenated alkanes) is 1. The lowest BCUT2D eigenvalue weighted by Gasteiger charge is -2.23. The van der Waals surface area contributed by atoms with Crippen molar-refractivity contribution in [3.63, 3.8) is 0 Å². The number of Topliss-reactive ketones (excluding diaryl/α,β-unsaturated/α-hetero) is 1. The first-order valence-corrected chi connectivity index (χ1v) is 15.9. The Kier molecular flexibility index (Phi) is 8.80. The van der Waals surface area contributed by atoms with E-state index in [2.05, 4.69) is 17.1 Å². The Morgan fingerprint density at radius 2 is 1.89 bits per heavy atom. The highest BCUT2D eigenvalue weighted by atomic mass is 32.2. The van der Waals surface area contributed by atoms with E-state index < -0.39 is 17.7 Å². The van der Waals surface area contributed by atoms with E-state index in [1.807, 2.05) is 0 Å². The minimum absolute atomic E-state index is 0.104. The van der Waals surface area contributed by atoms with Crippen molar-refractivity contribution >= 4 is 45.7 Å². The van der Waals surface area contributed by atoms with Gasteiger partial charge in [0.15, 0.2) is 15.8 Å². The highest BCUT2D eigenvalue weighted by Crippen LogP contribution is 2.45. The summed E-state index contributed by atoms with van der Waals surface area (Å²) in [4.78, 5) is 28.5. The zero-order valence-electron chi connectivity index (χ0n) is 23.7. The summed E-state index contributed by atoms with van der Waals surface area (Å²) >= 11 is 2.38. The van der Waals surface area contributed by atoms with Gasteiger partial charge in [-0.3, -0.25) is 14.5 Å². The third-order valence-electron chi connectivity index (χ3n) is 7.11. The van der Waals surface area contributed by atoms with Crippen LogP contribution in [0.3, 0.4) is 0 Å². The number of hydrogen-bond acceptors (Lipinski definition) is 10. The number of nitrogens with zero attached hydrogens (tertiary/aromatic N) is 3. The molecule has 1 fully saturated rings. The Morgan fingerprint density at radius 1 is 1.07 bits per heavy atom. The van der Waals surface area contributed by atoms with Gasteiger partial charge < -0.3 is 19.3 Å². The number of aromatic nitrogens is 2. The maximum absolute atomic E-state index is 14.2. The first-order valence-electron chi connectivity index (χ1n) is 14.1. The summed E-state index contributed by atoms with van der Waals surface area (Å²) in [5.74, 6) is -0.568. The number of fused-ring (bicyclic) bond motifs is 1. The van der Waals surface area contributed by atoms with Gasteiger partial charge in [-0.2, -0.15) is 0 Å². The molecule has 1 aromatic heterocycles. The van der Waals surface area contributed by atoms with Crippen molar-refractivity contribution in [2.75, 3.05) is 24.7 Å². The molecule has 0 radical (unpaired) electrons. The van der Waals surface area contributed by atoms with Gasteiger partial charge >= 0.3 is 5.91 Å². The summed E-state index contributed by atoms with van der Waals surface area (Å²) in [5, 5.41) is 20.2.